The van der Waals surface area contributed by atoms with E-state index in [1.807, 2.05) is 11.3 Å². The zero-order chi connectivity index (χ0) is 18.1. The lowest BCUT2D eigenvalue weighted by Gasteiger charge is -2.09. The number of fused-ring (bicyclic) bond motifs is 8. The maximum absolute atomic E-state index is 2.39. The van der Waals surface area contributed by atoms with Crippen molar-refractivity contribution in [2.24, 2.45) is 0 Å². The first kappa shape index (κ1) is 15.2. The summed E-state index contributed by atoms with van der Waals surface area (Å²) in [4.78, 5) is 0. The van der Waals surface area contributed by atoms with Crippen molar-refractivity contribution in [1.82, 2.24) is 0 Å². The lowest BCUT2D eigenvalue weighted by atomic mass is 9.94. The number of thiophene rings is 1. The van der Waals surface area contributed by atoms with Crippen LogP contribution < -0.4 is 0 Å². The third-order valence-corrected chi connectivity index (χ3v) is 6.94. The lowest BCUT2D eigenvalue weighted by molar-refractivity contribution is 1.57. The summed E-state index contributed by atoms with van der Waals surface area (Å²) in [5.41, 5.74) is 2.71. The van der Waals surface area contributed by atoms with Gasteiger partial charge in [0.05, 0.1) is 0 Å². The van der Waals surface area contributed by atoms with Gasteiger partial charge in [0.15, 0.2) is 0 Å². The van der Waals surface area contributed by atoms with Gasteiger partial charge in [-0.15, -0.1) is 11.3 Å². The first-order valence-electron chi connectivity index (χ1n) is 9.37. The molecule has 6 rings (SSSR count). The molecule has 6 aromatic rings. The van der Waals surface area contributed by atoms with Gasteiger partial charge in [-0.3, -0.25) is 0 Å². The summed E-state index contributed by atoms with van der Waals surface area (Å²) in [5, 5.41) is 10.9. The van der Waals surface area contributed by atoms with E-state index in [4.69, 9.17) is 0 Å². The Morgan fingerprint density at radius 3 is 1.74 bits per heavy atom. The van der Waals surface area contributed by atoms with Gasteiger partial charge in [0.1, 0.15) is 0 Å². The summed E-state index contributed by atoms with van der Waals surface area (Å²) in [5.74, 6) is 0. The summed E-state index contributed by atoms with van der Waals surface area (Å²) >= 11 is 1.93. The topological polar surface area (TPSA) is 0 Å². The van der Waals surface area contributed by atoms with Gasteiger partial charge in [-0.05, 0) is 81.6 Å². The number of hydrogen-bond acceptors (Lipinski definition) is 1. The molecule has 0 nitrogen and oxygen atoms in total. The maximum atomic E-state index is 2.39. The molecule has 0 amide bonds. The van der Waals surface area contributed by atoms with Crippen LogP contribution in [-0.2, 0) is 0 Å². The molecule has 1 heterocycles. The van der Waals surface area contributed by atoms with E-state index in [1.165, 1.54) is 63.6 Å². The van der Waals surface area contributed by atoms with E-state index in [2.05, 4.69) is 86.6 Å². The average Bonchev–Trinajstić information content (AvgIpc) is 3.05. The molecule has 5 aromatic carbocycles. The highest BCUT2D eigenvalue weighted by molar-refractivity contribution is 7.26. The molecule has 27 heavy (non-hydrogen) atoms. The van der Waals surface area contributed by atoms with Gasteiger partial charge in [-0.25, -0.2) is 0 Å². The third-order valence-electron chi connectivity index (χ3n) is 5.86. The van der Waals surface area contributed by atoms with Crippen LogP contribution in [0.5, 0.6) is 0 Å². The van der Waals surface area contributed by atoms with Crippen molar-refractivity contribution in [3.05, 3.63) is 83.9 Å². The van der Waals surface area contributed by atoms with E-state index in [0.29, 0.717) is 0 Å². The molecular formula is C26H18S. The third kappa shape index (κ3) is 2.03. The van der Waals surface area contributed by atoms with Crippen LogP contribution in [0.4, 0.5) is 0 Å². The van der Waals surface area contributed by atoms with Gasteiger partial charge in [0.25, 0.3) is 0 Å². The molecule has 128 valence electrons. The minimum absolute atomic E-state index is 1.31. The van der Waals surface area contributed by atoms with Gasteiger partial charge < -0.3 is 0 Å². The van der Waals surface area contributed by atoms with Crippen molar-refractivity contribution in [2.45, 2.75) is 13.8 Å². The van der Waals surface area contributed by atoms with Gasteiger partial charge in [-0.2, -0.15) is 0 Å². The fourth-order valence-electron chi connectivity index (χ4n) is 4.57. The second-order valence-electron chi connectivity index (χ2n) is 7.53. The van der Waals surface area contributed by atoms with Gasteiger partial charge in [0, 0.05) is 20.2 Å². The summed E-state index contributed by atoms with van der Waals surface area (Å²) in [6.07, 6.45) is 0. The standard InChI is InChI=1S/C26H18S/c1-15-11-23-25(20-10-6-5-9-19(15)20)26-22-14-18-8-4-3-7-17(18)13-21(22)16(2)12-24(26)27-23/h3-14H,1-2H3. The van der Waals surface area contributed by atoms with Gasteiger partial charge >= 0.3 is 0 Å². The predicted octanol–water partition coefficient (Wildman–Crippen LogP) is 8.13. The monoisotopic (exact) mass is 362 g/mol. The normalized spacial score (nSPS) is 12.1. The Hall–Kier alpha value is -2.90. The maximum Gasteiger partial charge on any atom is 0.0364 e. The molecule has 0 N–H and O–H groups in total. The SMILES string of the molecule is Cc1cc2sc3cc(C)c4cc5ccccc5cc4c3c2c2ccccc12. The largest absolute Gasteiger partial charge is 0.135 e. The fraction of sp³-hybridized carbons (Fsp3) is 0.0769. The minimum Gasteiger partial charge on any atom is -0.135 e. The van der Waals surface area contributed by atoms with E-state index in [-0.39, 0.29) is 0 Å². The molecule has 0 fully saturated rings. The molecular weight excluding hydrogens is 344 g/mol. The molecule has 0 radical (unpaired) electrons. The van der Waals surface area contributed by atoms with Crippen LogP contribution in [0.3, 0.4) is 0 Å². The predicted molar refractivity (Wildman–Crippen MR) is 121 cm³/mol. The Bertz CT molecular complexity index is 1530. The van der Waals surface area contributed by atoms with Crippen LogP contribution >= 0.6 is 11.3 Å². The van der Waals surface area contributed by atoms with Crippen LogP contribution in [0.15, 0.2) is 72.8 Å². The molecule has 0 saturated heterocycles. The molecule has 0 aliphatic heterocycles. The quantitative estimate of drug-likeness (QED) is 0.239. The number of benzene rings is 5. The first-order valence-corrected chi connectivity index (χ1v) is 10.2. The molecule has 0 aliphatic carbocycles. The summed E-state index contributed by atoms with van der Waals surface area (Å²) in [7, 11) is 0. The summed E-state index contributed by atoms with van der Waals surface area (Å²) in [6, 6.07) is 27.0. The Kier molecular flexibility index (Phi) is 2.99. The Balaban J connectivity index is 1.95. The van der Waals surface area contributed by atoms with Crippen LogP contribution in [0, 0.1) is 13.8 Å². The van der Waals surface area contributed by atoms with E-state index in [1.54, 1.807) is 0 Å². The van der Waals surface area contributed by atoms with Crippen LogP contribution in [0.25, 0.3) is 52.5 Å². The number of hydrogen-bond donors (Lipinski definition) is 0. The number of aryl methyl sites for hydroxylation is 2. The highest BCUT2D eigenvalue weighted by atomic mass is 32.1. The fourth-order valence-corrected chi connectivity index (χ4v) is 5.91. The van der Waals surface area contributed by atoms with Crippen molar-refractivity contribution < 1.29 is 0 Å². The zero-order valence-electron chi connectivity index (χ0n) is 15.3. The van der Waals surface area contributed by atoms with Crippen molar-refractivity contribution in [1.29, 1.82) is 0 Å². The van der Waals surface area contributed by atoms with Gasteiger partial charge in [-0.1, -0.05) is 48.5 Å². The smallest absolute Gasteiger partial charge is 0.0364 e. The minimum atomic E-state index is 1.31. The Morgan fingerprint density at radius 1 is 0.519 bits per heavy atom. The van der Waals surface area contributed by atoms with E-state index in [0.717, 1.165) is 0 Å². The van der Waals surface area contributed by atoms with Crippen LogP contribution in [0.1, 0.15) is 11.1 Å². The average molecular weight is 362 g/mol. The zero-order valence-corrected chi connectivity index (χ0v) is 16.2. The van der Waals surface area contributed by atoms with Crippen molar-refractivity contribution in [2.75, 3.05) is 0 Å². The molecule has 0 aliphatic rings. The second-order valence-corrected chi connectivity index (χ2v) is 8.61. The van der Waals surface area contributed by atoms with E-state index >= 15 is 0 Å². The summed E-state index contributed by atoms with van der Waals surface area (Å²) in [6.45, 7) is 4.47. The molecule has 0 saturated carbocycles. The highest BCUT2D eigenvalue weighted by Gasteiger charge is 2.15. The Morgan fingerprint density at radius 2 is 1.04 bits per heavy atom. The summed E-state index contributed by atoms with van der Waals surface area (Å²) < 4.78 is 2.78. The molecule has 0 bridgehead atoms. The first-order chi connectivity index (χ1) is 13.2. The van der Waals surface area contributed by atoms with Crippen molar-refractivity contribution in [3.8, 4) is 0 Å². The molecule has 0 spiro atoms. The molecule has 0 unspecified atom stereocenters. The van der Waals surface area contributed by atoms with Crippen molar-refractivity contribution >= 4 is 63.8 Å². The van der Waals surface area contributed by atoms with Crippen molar-refractivity contribution in [3.63, 3.8) is 0 Å². The van der Waals surface area contributed by atoms with Crippen LogP contribution in [-0.4, -0.2) is 0 Å². The van der Waals surface area contributed by atoms with Crippen LogP contribution in [0.2, 0.25) is 0 Å². The van der Waals surface area contributed by atoms with E-state index in [9.17, 15) is 0 Å². The second kappa shape index (κ2) is 5.31. The Labute approximate surface area is 161 Å². The number of rotatable bonds is 0. The molecule has 0 atom stereocenters. The highest BCUT2D eigenvalue weighted by Crippen LogP contribution is 2.44. The van der Waals surface area contributed by atoms with Gasteiger partial charge in [0.2, 0.25) is 0 Å². The molecule has 1 aromatic heterocycles. The van der Waals surface area contributed by atoms with E-state index < -0.39 is 0 Å². The molecule has 1 heteroatoms. The lowest BCUT2D eigenvalue weighted by Crippen LogP contribution is -1.83.